The first-order chi connectivity index (χ1) is 10.0. The van der Waals surface area contributed by atoms with Crippen molar-refractivity contribution in [2.45, 2.75) is 26.2 Å². The smallest absolute Gasteiger partial charge is 0.181 e. The maximum absolute atomic E-state index is 4.58. The van der Waals surface area contributed by atoms with Gasteiger partial charge in [0.25, 0.3) is 0 Å². The molecule has 0 fully saturated rings. The number of nitrogens with zero attached hydrogens (tertiary/aromatic N) is 2. The van der Waals surface area contributed by atoms with E-state index < -0.39 is 0 Å². The van der Waals surface area contributed by atoms with Crippen LogP contribution in [0, 0.1) is 0 Å². The Hall–Kier alpha value is -2.42. The van der Waals surface area contributed by atoms with Crippen molar-refractivity contribution in [3.05, 3.63) is 60.2 Å². The quantitative estimate of drug-likeness (QED) is 0.752. The monoisotopic (exact) mass is 277 g/mol. The summed E-state index contributed by atoms with van der Waals surface area (Å²) in [5.41, 5.74) is 3.55. The minimum Gasteiger partial charge on any atom is -0.259 e. The lowest BCUT2D eigenvalue weighted by Gasteiger charge is -2.18. The summed E-state index contributed by atoms with van der Waals surface area (Å²) in [6, 6.07) is 18.5. The normalized spacial score (nSPS) is 11.6. The van der Waals surface area contributed by atoms with Gasteiger partial charge in [-0.15, -0.1) is 0 Å². The average molecular weight is 277 g/mol. The van der Waals surface area contributed by atoms with Gasteiger partial charge < -0.3 is 0 Å². The highest BCUT2D eigenvalue weighted by atomic mass is 15.2. The van der Waals surface area contributed by atoms with Crippen molar-refractivity contribution in [3.8, 4) is 22.8 Å². The molecule has 3 heteroatoms. The first-order valence-corrected chi connectivity index (χ1v) is 7.13. The molecule has 0 bridgehead atoms. The SMILES string of the molecule is CC(C)(C)c1ccc(-c2nc(-c3ccccc3)n[nH]2)cc1. The molecule has 0 atom stereocenters. The highest BCUT2D eigenvalue weighted by Crippen LogP contribution is 2.25. The summed E-state index contributed by atoms with van der Waals surface area (Å²) in [5, 5.41) is 7.32. The van der Waals surface area contributed by atoms with Gasteiger partial charge in [0.1, 0.15) is 0 Å². The van der Waals surface area contributed by atoms with E-state index in [0.717, 1.165) is 22.8 Å². The topological polar surface area (TPSA) is 41.6 Å². The van der Waals surface area contributed by atoms with E-state index in [9.17, 15) is 0 Å². The van der Waals surface area contributed by atoms with E-state index in [4.69, 9.17) is 0 Å². The van der Waals surface area contributed by atoms with Gasteiger partial charge in [-0.1, -0.05) is 75.4 Å². The highest BCUT2D eigenvalue weighted by molar-refractivity contribution is 5.61. The van der Waals surface area contributed by atoms with Crippen LogP contribution in [0.25, 0.3) is 22.8 Å². The van der Waals surface area contributed by atoms with Crippen molar-refractivity contribution in [3.63, 3.8) is 0 Å². The zero-order chi connectivity index (χ0) is 14.9. The zero-order valence-electron chi connectivity index (χ0n) is 12.6. The molecule has 106 valence electrons. The number of benzene rings is 2. The van der Waals surface area contributed by atoms with Gasteiger partial charge in [-0.2, -0.15) is 5.10 Å². The molecular weight excluding hydrogens is 258 g/mol. The molecule has 0 unspecified atom stereocenters. The van der Waals surface area contributed by atoms with Gasteiger partial charge in [-0.25, -0.2) is 4.98 Å². The first-order valence-electron chi connectivity index (χ1n) is 7.13. The van der Waals surface area contributed by atoms with E-state index in [2.05, 4.69) is 60.2 Å². The summed E-state index contributed by atoms with van der Waals surface area (Å²) >= 11 is 0. The first kappa shape index (κ1) is 13.6. The molecule has 1 heterocycles. The van der Waals surface area contributed by atoms with Crippen LogP contribution in [-0.2, 0) is 5.41 Å². The van der Waals surface area contributed by atoms with Gasteiger partial charge >= 0.3 is 0 Å². The van der Waals surface area contributed by atoms with Crippen molar-refractivity contribution < 1.29 is 0 Å². The van der Waals surface area contributed by atoms with Crippen LogP contribution in [-0.4, -0.2) is 15.2 Å². The molecule has 2 aromatic carbocycles. The second-order valence-corrected chi connectivity index (χ2v) is 6.20. The van der Waals surface area contributed by atoms with E-state index in [1.54, 1.807) is 0 Å². The van der Waals surface area contributed by atoms with Crippen LogP contribution in [0.15, 0.2) is 54.6 Å². The summed E-state index contributed by atoms with van der Waals surface area (Å²) in [5.74, 6) is 1.53. The van der Waals surface area contributed by atoms with Gasteiger partial charge in [-0.3, -0.25) is 5.10 Å². The predicted octanol–water partition coefficient (Wildman–Crippen LogP) is 4.44. The average Bonchev–Trinajstić information content (AvgIpc) is 2.97. The molecule has 0 aliphatic rings. The number of hydrogen-bond donors (Lipinski definition) is 1. The van der Waals surface area contributed by atoms with Crippen LogP contribution in [0.3, 0.4) is 0 Å². The summed E-state index contributed by atoms with van der Waals surface area (Å²) in [4.78, 5) is 4.58. The van der Waals surface area contributed by atoms with E-state index >= 15 is 0 Å². The minimum absolute atomic E-state index is 0.162. The Kier molecular flexibility index (Phi) is 3.34. The Labute approximate surface area is 125 Å². The molecule has 0 aliphatic carbocycles. The Bertz CT molecular complexity index is 719. The number of hydrogen-bond acceptors (Lipinski definition) is 2. The Morgan fingerprint density at radius 3 is 2.10 bits per heavy atom. The Morgan fingerprint density at radius 2 is 1.48 bits per heavy atom. The molecule has 3 aromatic rings. The second kappa shape index (κ2) is 5.17. The number of H-pyrrole nitrogens is 1. The van der Waals surface area contributed by atoms with Crippen LogP contribution >= 0.6 is 0 Å². The molecule has 1 N–H and O–H groups in total. The van der Waals surface area contributed by atoms with Crippen LogP contribution in [0.2, 0.25) is 0 Å². The third-order valence-electron chi connectivity index (χ3n) is 3.54. The van der Waals surface area contributed by atoms with Gasteiger partial charge in [0.05, 0.1) is 0 Å². The largest absolute Gasteiger partial charge is 0.259 e. The number of aromatic nitrogens is 3. The lowest BCUT2D eigenvalue weighted by Crippen LogP contribution is -2.10. The third-order valence-corrected chi connectivity index (χ3v) is 3.54. The van der Waals surface area contributed by atoms with E-state index in [0.29, 0.717) is 0 Å². The van der Waals surface area contributed by atoms with E-state index in [-0.39, 0.29) is 5.41 Å². The van der Waals surface area contributed by atoms with Crippen LogP contribution in [0.4, 0.5) is 0 Å². The van der Waals surface area contributed by atoms with Gasteiger partial charge in [0.2, 0.25) is 0 Å². The summed E-state index contributed by atoms with van der Waals surface area (Å²) < 4.78 is 0. The van der Waals surface area contributed by atoms with Gasteiger partial charge in [0, 0.05) is 11.1 Å². The molecule has 0 saturated heterocycles. The van der Waals surface area contributed by atoms with Crippen molar-refractivity contribution in [1.82, 2.24) is 15.2 Å². The fourth-order valence-electron chi connectivity index (χ4n) is 2.24. The molecule has 3 rings (SSSR count). The minimum atomic E-state index is 0.162. The summed E-state index contributed by atoms with van der Waals surface area (Å²) in [6.45, 7) is 6.64. The molecule has 0 saturated carbocycles. The fraction of sp³-hybridized carbons (Fsp3) is 0.222. The number of rotatable bonds is 2. The fourth-order valence-corrected chi connectivity index (χ4v) is 2.24. The lowest BCUT2D eigenvalue weighted by atomic mass is 9.87. The molecule has 21 heavy (non-hydrogen) atoms. The molecule has 0 spiro atoms. The number of nitrogens with one attached hydrogen (secondary N) is 1. The summed E-state index contributed by atoms with van der Waals surface area (Å²) in [7, 11) is 0. The summed E-state index contributed by atoms with van der Waals surface area (Å²) in [6.07, 6.45) is 0. The van der Waals surface area contributed by atoms with Crippen molar-refractivity contribution in [1.29, 1.82) is 0 Å². The lowest BCUT2D eigenvalue weighted by molar-refractivity contribution is 0.590. The number of aromatic amines is 1. The molecule has 3 nitrogen and oxygen atoms in total. The van der Waals surface area contributed by atoms with Crippen LogP contribution in [0.1, 0.15) is 26.3 Å². The van der Waals surface area contributed by atoms with Crippen molar-refractivity contribution in [2.24, 2.45) is 0 Å². The van der Waals surface area contributed by atoms with Gasteiger partial charge in [-0.05, 0) is 11.0 Å². The van der Waals surface area contributed by atoms with Crippen LogP contribution in [0.5, 0.6) is 0 Å². The molecular formula is C18H19N3. The van der Waals surface area contributed by atoms with Crippen molar-refractivity contribution >= 4 is 0 Å². The van der Waals surface area contributed by atoms with E-state index in [1.165, 1.54) is 5.56 Å². The maximum atomic E-state index is 4.58. The second-order valence-electron chi connectivity index (χ2n) is 6.20. The third kappa shape index (κ3) is 2.87. The molecule has 0 amide bonds. The highest BCUT2D eigenvalue weighted by Gasteiger charge is 2.14. The molecule has 0 aliphatic heterocycles. The Morgan fingerprint density at radius 1 is 0.810 bits per heavy atom. The van der Waals surface area contributed by atoms with Crippen LogP contribution < -0.4 is 0 Å². The Balaban J connectivity index is 1.90. The molecule has 1 aromatic heterocycles. The van der Waals surface area contributed by atoms with E-state index in [1.807, 2.05) is 30.3 Å². The van der Waals surface area contributed by atoms with Crippen molar-refractivity contribution in [2.75, 3.05) is 0 Å². The predicted molar refractivity (Wildman–Crippen MR) is 86.0 cm³/mol. The maximum Gasteiger partial charge on any atom is 0.181 e. The molecule has 0 radical (unpaired) electrons. The standard InChI is InChI=1S/C18H19N3/c1-18(2,3)15-11-9-14(10-12-15)17-19-16(20-21-17)13-7-5-4-6-8-13/h4-12H,1-3H3,(H,19,20,21). The van der Waals surface area contributed by atoms with Gasteiger partial charge in [0.15, 0.2) is 11.6 Å². The zero-order valence-corrected chi connectivity index (χ0v) is 12.6.